The Hall–Kier alpha value is -0.410. The summed E-state index contributed by atoms with van der Waals surface area (Å²) in [5, 5.41) is 0. The van der Waals surface area contributed by atoms with Crippen LogP contribution >= 0.6 is 15.9 Å². The van der Waals surface area contributed by atoms with Crippen LogP contribution in [0.3, 0.4) is 0 Å². The van der Waals surface area contributed by atoms with E-state index in [1.54, 1.807) is 13.3 Å². The second-order valence-corrected chi connectivity index (χ2v) is 3.55. The predicted octanol–water partition coefficient (Wildman–Crippen LogP) is 3.93. The molecule has 0 saturated heterocycles. The van der Waals surface area contributed by atoms with Crippen LogP contribution in [0, 0.1) is 0 Å². The second-order valence-electron chi connectivity index (χ2n) is 2.64. The molecular formula is C11H20BrNO. The third kappa shape index (κ3) is 14.1. The zero-order valence-electron chi connectivity index (χ0n) is 9.51. The van der Waals surface area contributed by atoms with Crippen molar-refractivity contribution in [2.45, 2.75) is 27.2 Å². The van der Waals surface area contributed by atoms with Crippen molar-refractivity contribution >= 4 is 22.1 Å². The molecule has 14 heavy (non-hydrogen) atoms. The van der Waals surface area contributed by atoms with Crippen molar-refractivity contribution in [2.24, 2.45) is 4.99 Å². The van der Waals surface area contributed by atoms with Crippen LogP contribution in [0.2, 0.25) is 0 Å². The largest absolute Gasteiger partial charge is 0.378 e. The SMILES string of the molecule is C=C(COC)N=C/C(Br)=C\C.CCC. The molecule has 0 saturated carbocycles. The van der Waals surface area contributed by atoms with Gasteiger partial charge >= 0.3 is 0 Å². The fourth-order valence-corrected chi connectivity index (χ4v) is 0.534. The average Bonchev–Trinajstić information content (AvgIpc) is 2.16. The minimum absolute atomic E-state index is 0.473. The first-order valence-electron chi connectivity index (χ1n) is 4.64. The number of allylic oxidation sites excluding steroid dienone is 2. The van der Waals surface area contributed by atoms with E-state index in [0.29, 0.717) is 12.3 Å². The van der Waals surface area contributed by atoms with Gasteiger partial charge in [-0.3, -0.25) is 4.99 Å². The molecule has 0 atom stereocenters. The van der Waals surface area contributed by atoms with Gasteiger partial charge in [-0.2, -0.15) is 0 Å². The van der Waals surface area contributed by atoms with Crippen LogP contribution in [-0.2, 0) is 4.74 Å². The summed E-state index contributed by atoms with van der Waals surface area (Å²) in [6.45, 7) is 10.3. The van der Waals surface area contributed by atoms with E-state index in [-0.39, 0.29) is 0 Å². The van der Waals surface area contributed by atoms with Gasteiger partial charge < -0.3 is 4.74 Å². The minimum Gasteiger partial charge on any atom is -0.378 e. The zero-order valence-corrected chi connectivity index (χ0v) is 11.1. The standard InChI is InChI=1S/C8H12BrNO.C3H8/c1-4-8(9)5-10-7(2)6-11-3;1-3-2/h4-5H,2,6H2,1,3H3;3H2,1-2H3/b8-4+,10-5?;. The molecule has 0 heterocycles. The van der Waals surface area contributed by atoms with Gasteiger partial charge in [0.25, 0.3) is 0 Å². The van der Waals surface area contributed by atoms with Gasteiger partial charge in [0.2, 0.25) is 0 Å². The van der Waals surface area contributed by atoms with Gasteiger partial charge in [0, 0.05) is 17.8 Å². The van der Waals surface area contributed by atoms with Crippen molar-refractivity contribution in [3.63, 3.8) is 0 Å². The van der Waals surface area contributed by atoms with Crippen molar-refractivity contribution in [3.8, 4) is 0 Å². The molecule has 0 aliphatic heterocycles. The third-order valence-corrected chi connectivity index (χ3v) is 1.62. The Morgan fingerprint density at radius 1 is 1.50 bits per heavy atom. The summed E-state index contributed by atoms with van der Waals surface area (Å²) in [5.74, 6) is 0. The van der Waals surface area contributed by atoms with Gasteiger partial charge in [-0.25, -0.2) is 0 Å². The highest BCUT2D eigenvalue weighted by Gasteiger charge is 1.86. The van der Waals surface area contributed by atoms with Gasteiger partial charge in [-0.15, -0.1) is 0 Å². The number of rotatable bonds is 4. The number of methoxy groups -OCH3 is 1. The molecule has 0 aromatic heterocycles. The number of aliphatic imine (C=N–C) groups is 1. The maximum Gasteiger partial charge on any atom is 0.0878 e. The molecule has 82 valence electrons. The van der Waals surface area contributed by atoms with Gasteiger partial charge in [0.15, 0.2) is 0 Å². The Morgan fingerprint density at radius 2 is 2.00 bits per heavy atom. The smallest absolute Gasteiger partial charge is 0.0878 e. The topological polar surface area (TPSA) is 21.6 Å². The number of hydrogen-bond donors (Lipinski definition) is 0. The molecule has 0 rings (SSSR count). The molecule has 0 fully saturated rings. The molecule has 0 radical (unpaired) electrons. The summed E-state index contributed by atoms with van der Waals surface area (Å²) in [6, 6.07) is 0. The summed E-state index contributed by atoms with van der Waals surface area (Å²) in [6.07, 6.45) is 4.85. The lowest BCUT2D eigenvalue weighted by molar-refractivity contribution is 0.225. The molecular weight excluding hydrogens is 242 g/mol. The van der Waals surface area contributed by atoms with Crippen LogP contribution < -0.4 is 0 Å². The summed E-state index contributed by atoms with van der Waals surface area (Å²) < 4.78 is 5.76. The monoisotopic (exact) mass is 261 g/mol. The van der Waals surface area contributed by atoms with Gasteiger partial charge in [0.1, 0.15) is 0 Å². The van der Waals surface area contributed by atoms with Crippen molar-refractivity contribution in [1.82, 2.24) is 0 Å². The molecule has 0 N–H and O–H groups in total. The highest BCUT2D eigenvalue weighted by Crippen LogP contribution is 2.01. The van der Waals surface area contributed by atoms with Crippen LogP contribution in [0.5, 0.6) is 0 Å². The molecule has 0 aromatic rings. The van der Waals surface area contributed by atoms with Gasteiger partial charge in [0.05, 0.1) is 12.3 Å². The number of halogens is 1. The molecule has 2 nitrogen and oxygen atoms in total. The van der Waals surface area contributed by atoms with E-state index in [4.69, 9.17) is 4.74 Å². The number of ether oxygens (including phenoxy) is 1. The molecule has 0 bridgehead atoms. The van der Waals surface area contributed by atoms with E-state index in [1.807, 2.05) is 13.0 Å². The lowest BCUT2D eigenvalue weighted by Gasteiger charge is -1.94. The second kappa shape index (κ2) is 12.6. The first-order chi connectivity index (χ1) is 6.62. The Labute approximate surface area is 95.9 Å². The van der Waals surface area contributed by atoms with E-state index >= 15 is 0 Å². The molecule has 0 unspecified atom stereocenters. The quantitative estimate of drug-likeness (QED) is 0.703. The normalized spacial score (nSPS) is 11.1. The summed E-state index contributed by atoms with van der Waals surface area (Å²) in [5.41, 5.74) is 0.714. The molecule has 0 spiro atoms. The Balaban J connectivity index is 0. The highest BCUT2D eigenvalue weighted by atomic mass is 79.9. The molecule has 3 heteroatoms. The van der Waals surface area contributed by atoms with E-state index < -0.39 is 0 Å². The van der Waals surface area contributed by atoms with Crippen LogP contribution in [0.1, 0.15) is 27.2 Å². The molecule has 0 aliphatic rings. The van der Waals surface area contributed by atoms with Crippen LogP contribution in [0.4, 0.5) is 0 Å². The van der Waals surface area contributed by atoms with E-state index in [2.05, 4.69) is 41.3 Å². The maximum atomic E-state index is 4.82. The van der Waals surface area contributed by atoms with Crippen molar-refractivity contribution in [3.05, 3.63) is 22.8 Å². The molecule has 0 amide bonds. The van der Waals surface area contributed by atoms with Crippen LogP contribution in [0.15, 0.2) is 27.8 Å². The highest BCUT2D eigenvalue weighted by molar-refractivity contribution is 9.12. The van der Waals surface area contributed by atoms with Crippen LogP contribution in [-0.4, -0.2) is 19.9 Å². The fourth-order valence-electron chi connectivity index (χ4n) is 0.431. The molecule has 0 aliphatic carbocycles. The predicted molar refractivity (Wildman–Crippen MR) is 68.2 cm³/mol. The summed E-state index contributed by atoms with van der Waals surface area (Å²) >= 11 is 3.29. The minimum atomic E-state index is 0.473. The van der Waals surface area contributed by atoms with Crippen LogP contribution in [0.25, 0.3) is 0 Å². The third-order valence-electron chi connectivity index (χ3n) is 0.957. The van der Waals surface area contributed by atoms with E-state index in [9.17, 15) is 0 Å². The van der Waals surface area contributed by atoms with Crippen molar-refractivity contribution in [2.75, 3.05) is 13.7 Å². The lowest BCUT2D eigenvalue weighted by Crippen LogP contribution is -1.89. The fraction of sp³-hybridized carbons (Fsp3) is 0.545. The Kier molecular flexibility index (Phi) is 14.4. The number of nitrogens with zero attached hydrogens (tertiary/aromatic N) is 1. The maximum absolute atomic E-state index is 4.82. The average molecular weight is 262 g/mol. The zero-order chi connectivity index (χ0) is 11.4. The summed E-state index contributed by atoms with van der Waals surface area (Å²) in [7, 11) is 1.62. The Morgan fingerprint density at radius 3 is 2.36 bits per heavy atom. The van der Waals surface area contributed by atoms with Gasteiger partial charge in [-0.05, 0) is 22.9 Å². The Bertz CT molecular complexity index is 197. The molecule has 0 aromatic carbocycles. The van der Waals surface area contributed by atoms with E-state index in [0.717, 1.165) is 4.48 Å². The number of hydrogen-bond acceptors (Lipinski definition) is 2. The van der Waals surface area contributed by atoms with E-state index in [1.165, 1.54) is 6.42 Å². The van der Waals surface area contributed by atoms with Crippen molar-refractivity contribution < 1.29 is 4.74 Å². The first-order valence-corrected chi connectivity index (χ1v) is 5.44. The lowest BCUT2D eigenvalue weighted by atomic mass is 10.5. The summed E-state index contributed by atoms with van der Waals surface area (Å²) in [4.78, 5) is 4.03. The first kappa shape index (κ1) is 16.0. The van der Waals surface area contributed by atoms with Gasteiger partial charge in [-0.1, -0.05) is 32.9 Å². The van der Waals surface area contributed by atoms with Crippen molar-refractivity contribution in [1.29, 1.82) is 0 Å².